The minimum atomic E-state index is -0.0440. The monoisotopic (exact) mass is 334 g/mol. The van der Waals surface area contributed by atoms with Crippen molar-refractivity contribution in [1.29, 1.82) is 0 Å². The first-order chi connectivity index (χ1) is 11.6. The average Bonchev–Trinajstić information content (AvgIpc) is 2.59. The number of amides is 1. The van der Waals surface area contributed by atoms with Gasteiger partial charge in [-0.05, 0) is 58.0 Å². The lowest BCUT2D eigenvalue weighted by Gasteiger charge is -2.20. The van der Waals surface area contributed by atoms with Gasteiger partial charge in [-0.2, -0.15) is 0 Å². The first-order valence-corrected chi connectivity index (χ1v) is 9.37. The van der Waals surface area contributed by atoms with Crippen molar-refractivity contribution in [3.05, 3.63) is 29.8 Å². The molecule has 0 unspecified atom stereocenters. The van der Waals surface area contributed by atoms with E-state index in [-0.39, 0.29) is 11.9 Å². The third-order valence-electron chi connectivity index (χ3n) is 4.27. The fraction of sp³-hybridized carbons (Fsp3) is 0.650. The van der Waals surface area contributed by atoms with Gasteiger partial charge in [0.25, 0.3) is 5.91 Å². The van der Waals surface area contributed by atoms with E-state index in [9.17, 15) is 4.79 Å². The number of ether oxygens (including phenoxy) is 1. The van der Waals surface area contributed by atoms with Crippen molar-refractivity contribution in [2.24, 2.45) is 0 Å². The van der Waals surface area contributed by atoms with Crippen LogP contribution in [0.2, 0.25) is 0 Å². The molecular weight excluding hydrogens is 300 g/mol. The molecule has 0 saturated heterocycles. The van der Waals surface area contributed by atoms with Crippen molar-refractivity contribution in [2.75, 3.05) is 26.2 Å². The van der Waals surface area contributed by atoms with Crippen LogP contribution in [0, 0.1) is 0 Å². The molecule has 1 aromatic rings. The smallest absolute Gasteiger partial charge is 0.255 e. The van der Waals surface area contributed by atoms with E-state index in [1.165, 1.54) is 0 Å². The van der Waals surface area contributed by atoms with Crippen LogP contribution in [0.3, 0.4) is 0 Å². The minimum Gasteiger partial charge on any atom is -0.493 e. The third kappa shape index (κ3) is 7.35. The van der Waals surface area contributed by atoms with Gasteiger partial charge in [0.1, 0.15) is 5.75 Å². The van der Waals surface area contributed by atoms with Crippen LogP contribution in [0.4, 0.5) is 0 Å². The van der Waals surface area contributed by atoms with E-state index in [1.54, 1.807) is 0 Å². The summed E-state index contributed by atoms with van der Waals surface area (Å²) >= 11 is 0. The molecule has 4 nitrogen and oxygen atoms in total. The van der Waals surface area contributed by atoms with Gasteiger partial charge in [-0.3, -0.25) is 4.79 Å². The topological polar surface area (TPSA) is 41.6 Å². The van der Waals surface area contributed by atoms with Gasteiger partial charge < -0.3 is 15.0 Å². The second-order valence-electron chi connectivity index (χ2n) is 6.24. The first-order valence-electron chi connectivity index (χ1n) is 9.37. The third-order valence-corrected chi connectivity index (χ3v) is 4.27. The molecule has 0 radical (unpaired) electrons. The molecule has 0 spiro atoms. The number of benzene rings is 1. The summed E-state index contributed by atoms with van der Waals surface area (Å²) in [4.78, 5) is 14.9. The number of nitrogens with one attached hydrogen (secondary N) is 1. The van der Waals surface area contributed by atoms with Gasteiger partial charge in [0.05, 0.1) is 12.2 Å². The fourth-order valence-electron chi connectivity index (χ4n) is 2.64. The van der Waals surface area contributed by atoms with E-state index in [2.05, 4.69) is 37.9 Å². The summed E-state index contributed by atoms with van der Waals surface area (Å²) in [6.07, 6.45) is 4.16. The Bertz CT molecular complexity index is 472. The Morgan fingerprint density at radius 3 is 2.54 bits per heavy atom. The van der Waals surface area contributed by atoms with Crippen molar-refractivity contribution < 1.29 is 9.53 Å². The molecule has 136 valence electrons. The molecule has 1 amide bonds. The van der Waals surface area contributed by atoms with Crippen molar-refractivity contribution >= 4 is 5.91 Å². The van der Waals surface area contributed by atoms with Gasteiger partial charge in [-0.1, -0.05) is 39.3 Å². The number of hydrogen-bond donors (Lipinski definition) is 1. The van der Waals surface area contributed by atoms with Crippen LogP contribution in [0.15, 0.2) is 24.3 Å². The van der Waals surface area contributed by atoms with Crippen molar-refractivity contribution in [1.82, 2.24) is 10.2 Å². The average molecular weight is 335 g/mol. The highest BCUT2D eigenvalue weighted by Crippen LogP contribution is 2.18. The molecule has 0 aliphatic carbocycles. The summed E-state index contributed by atoms with van der Waals surface area (Å²) in [6.45, 7) is 12.5. The van der Waals surface area contributed by atoms with Crippen molar-refractivity contribution in [2.45, 2.75) is 59.4 Å². The summed E-state index contributed by atoms with van der Waals surface area (Å²) in [6, 6.07) is 7.66. The molecular formula is C20H34N2O2. The van der Waals surface area contributed by atoms with Crippen LogP contribution in [0.1, 0.15) is 63.7 Å². The zero-order valence-corrected chi connectivity index (χ0v) is 15.8. The Hall–Kier alpha value is -1.55. The Kier molecular flexibility index (Phi) is 10.2. The Labute approximate surface area is 147 Å². The molecule has 0 aliphatic heterocycles. The summed E-state index contributed by atoms with van der Waals surface area (Å²) in [5, 5.41) is 3.10. The highest BCUT2D eigenvalue weighted by molar-refractivity contribution is 5.97. The van der Waals surface area contributed by atoms with Gasteiger partial charge in [-0.15, -0.1) is 0 Å². The molecule has 0 aliphatic rings. The minimum absolute atomic E-state index is 0.0440. The number of nitrogens with zero attached hydrogens (tertiary/aromatic N) is 1. The molecule has 1 rings (SSSR count). The van der Waals surface area contributed by atoms with Crippen LogP contribution in [-0.4, -0.2) is 43.1 Å². The molecule has 0 bridgehead atoms. The highest BCUT2D eigenvalue weighted by Gasteiger charge is 2.14. The molecule has 0 aromatic heterocycles. The standard InChI is InChI=1S/C20H34N2O2/c1-5-8-16-24-19-14-10-9-13-18(19)20(23)21-17(4)12-11-15-22(6-2)7-3/h9-10,13-14,17H,5-8,11-12,15-16H2,1-4H3,(H,21,23)/t17-/m0/s1. The van der Waals surface area contributed by atoms with E-state index >= 15 is 0 Å². The zero-order chi connectivity index (χ0) is 17.8. The van der Waals surface area contributed by atoms with E-state index in [0.717, 1.165) is 45.3 Å². The molecule has 1 aromatic carbocycles. The fourth-order valence-corrected chi connectivity index (χ4v) is 2.64. The summed E-state index contributed by atoms with van der Waals surface area (Å²) in [5.41, 5.74) is 0.629. The van der Waals surface area contributed by atoms with Gasteiger partial charge in [0, 0.05) is 6.04 Å². The second-order valence-corrected chi connectivity index (χ2v) is 6.24. The maximum atomic E-state index is 12.5. The summed E-state index contributed by atoms with van der Waals surface area (Å²) in [7, 11) is 0. The summed E-state index contributed by atoms with van der Waals surface area (Å²) in [5.74, 6) is 0.635. The molecule has 1 N–H and O–H groups in total. The van der Waals surface area contributed by atoms with Crippen LogP contribution in [0.5, 0.6) is 5.75 Å². The highest BCUT2D eigenvalue weighted by atomic mass is 16.5. The Morgan fingerprint density at radius 2 is 1.88 bits per heavy atom. The summed E-state index contributed by atoms with van der Waals surface area (Å²) < 4.78 is 5.75. The van der Waals surface area contributed by atoms with E-state index in [0.29, 0.717) is 17.9 Å². The number of hydrogen-bond acceptors (Lipinski definition) is 3. The van der Waals surface area contributed by atoms with Crippen LogP contribution in [0.25, 0.3) is 0 Å². The van der Waals surface area contributed by atoms with Gasteiger partial charge >= 0.3 is 0 Å². The molecule has 0 fully saturated rings. The van der Waals surface area contributed by atoms with Crippen molar-refractivity contribution in [3.63, 3.8) is 0 Å². The van der Waals surface area contributed by atoms with Crippen LogP contribution < -0.4 is 10.1 Å². The lowest BCUT2D eigenvalue weighted by atomic mass is 10.1. The van der Waals surface area contributed by atoms with Crippen LogP contribution in [-0.2, 0) is 0 Å². The van der Waals surface area contributed by atoms with E-state index in [4.69, 9.17) is 4.74 Å². The molecule has 24 heavy (non-hydrogen) atoms. The lowest BCUT2D eigenvalue weighted by Crippen LogP contribution is -2.34. The first kappa shape index (κ1) is 20.5. The zero-order valence-electron chi connectivity index (χ0n) is 15.8. The number of para-hydroxylation sites is 1. The molecule has 0 heterocycles. The molecule has 0 saturated carbocycles. The Balaban J connectivity index is 2.49. The normalized spacial score (nSPS) is 12.2. The number of rotatable bonds is 12. The molecule has 4 heteroatoms. The predicted molar refractivity (Wildman–Crippen MR) is 101 cm³/mol. The number of carbonyl (C=O) groups excluding carboxylic acids is 1. The SMILES string of the molecule is CCCCOc1ccccc1C(=O)N[C@@H](C)CCCN(CC)CC. The largest absolute Gasteiger partial charge is 0.493 e. The maximum Gasteiger partial charge on any atom is 0.255 e. The van der Waals surface area contributed by atoms with Crippen molar-refractivity contribution in [3.8, 4) is 5.75 Å². The quantitative estimate of drug-likeness (QED) is 0.585. The number of unbranched alkanes of at least 4 members (excludes halogenated alkanes) is 1. The van der Waals surface area contributed by atoms with Gasteiger partial charge in [0.15, 0.2) is 0 Å². The molecule has 1 atom stereocenters. The van der Waals surface area contributed by atoms with Gasteiger partial charge in [0.2, 0.25) is 0 Å². The second kappa shape index (κ2) is 11.9. The Morgan fingerprint density at radius 1 is 1.17 bits per heavy atom. The maximum absolute atomic E-state index is 12.5. The van der Waals surface area contributed by atoms with E-state index < -0.39 is 0 Å². The lowest BCUT2D eigenvalue weighted by molar-refractivity contribution is 0.0933. The van der Waals surface area contributed by atoms with Crippen LogP contribution >= 0.6 is 0 Å². The van der Waals surface area contributed by atoms with E-state index in [1.807, 2.05) is 24.3 Å². The predicted octanol–water partition coefficient (Wildman–Crippen LogP) is 4.11. The van der Waals surface area contributed by atoms with Gasteiger partial charge in [-0.25, -0.2) is 0 Å². The number of carbonyl (C=O) groups is 1.